The highest BCUT2D eigenvalue weighted by molar-refractivity contribution is 5.87. The number of aliphatic hydroxyl groups is 2. The van der Waals surface area contributed by atoms with Crippen LogP contribution in [-0.4, -0.2) is 97.5 Å². The lowest BCUT2D eigenvalue weighted by Gasteiger charge is -2.17. The lowest BCUT2D eigenvalue weighted by atomic mass is 10.1. The molecule has 0 aromatic heterocycles. The third kappa shape index (κ3) is 26.6. The summed E-state index contributed by atoms with van der Waals surface area (Å²) in [6, 6.07) is 12.0. The van der Waals surface area contributed by atoms with Crippen molar-refractivity contribution in [2.75, 3.05) is 39.5 Å². The summed E-state index contributed by atoms with van der Waals surface area (Å²) in [5.41, 5.74) is 3.69. The van der Waals surface area contributed by atoms with Crippen molar-refractivity contribution in [1.82, 2.24) is 10.6 Å². The van der Waals surface area contributed by atoms with E-state index in [-0.39, 0.29) is 24.8 Å². The Labute approximate surface area is 319 Å². The summed E-state index contributed by atoms with van der Waals surface area (Å²) in [6.45, 7) is 18.6. The Morgan fingerprint density at radius 1 is 0.667 bits per heavy atom. The van der Waals surface area contributed by atoms with Gasteiger partial charge >= 0.3 is 0 Å². The normalized spacial score (nSPS) is 12.0. The van der Waals surface area contributed by atoms with Crippen molar-refractivity contribution in [3.05, 3.63) is 70.8 Å². The minimum atomic E-state index is -1.55. The van der Waals surface area contributed by atoms with Crippen molar-refractivity contribution in [2.45, 2.75) is 106 Å². The molecule has 0 radical (unpaired) electrons. The molecule has 304 valence electrons. The Morgan fingerprint density at radius 3 is 1.30 bits per heavy atom. The molecule has 14 nitrogen and oxygen atoms in total. The average molecular weight is 761 g/mol. The summed E-state index contributed by atoms with van der Waals surface area (Å²) in [5, 5.41) is 45.0. The average Bonchev–Trinajstić information content (AvgIpc) is 3.09. The molecular weight excluding hydrogens is 700 g/mol. The zero-order valence-electron chi connectivity index (χ0n) is 33.0. The van der Waals surface area contributed by atoms with Gasteiger partial charge in [0.25, 0.3) is 0 Å². The van der Waals surface area contributed by atoms with E-state index in [4.69, 9.17) is 18.9 Å². The number of carbonyl (C=O) groups is 4. The van der Waals surface area contributed by atoms with Gasteiger partial charge in [0.1, 0.15) is 48.5 Å². The Morgan fingerprint density at radius 2 is 1.02 bits per heavy atom. The van der Waals surface area contributed by atoms with E-state index in [1.807, 2.05) is 77.9 Å². The van der Waals surface area contributed by atoms with E-state index in [0.717, 1.165) is 22.3 Å². The minimum Gasteiger partial charge on any atom is -0.545 e. The molecule has 2 atom stereocenters. The van der Waals surface area contributed by atoms with Gasteiger partial charge in [0.15, 0.2) is 0 Å². The first-order chi connectivity index (χ1) is 25.5. The van der Waals surface area contributed by atoms with Gasteiger partial charge in [-0.2, -0.15) is 0 Å². The van der Waals surface area contributed by atoms with Gasteiger partial charge in [0, 0.05) is 62.4 Å². The number of carboxylic acid groups (broad SMARTS) is 2. The molecule has 0 aliphatic heterocycles. The van der Waals surface area contributed by atoms with Gasteiger partial charge in [-0.3, -0.25) is 9.59 Å². The van der Waals surface area contributed by atoms with Crippen LogP contribution in [0.3, 0.4) is 0 Å². The molecule has 0 aliphatic carbocycles. The van der Waals surface area contributed by atoms with E-state index in [9.17, 15) is 39.6 Å². The molecule has 4 N–H and O–H groups in total. The zero-order valence-corrected chi connectivity index (χ0v) is 33.0. The maximum Gasteiger partial charge on any atom is 0.134 e. The van der Waals surface area contributed by atoms with Crippen LogP contribution in [0.1, 0.15) is 77.6 Å². The van der Waals surface area contributed by atoms with Crippen LogP contribution in [0.25, 0.3) is 0 Å². The highest BCUT2D eigenvalue weighted by Gasteiger charge is 2.12. The van der Waals surface area contributed by atoms with Gasteiger partial charge in [0.05, 0.1) is 25.2 Å². The number of ether oxygens (including phenoxy) is 4. The first kappa shape index (κ1) is 49.8. The molecule has 14 heteroatoms. The Kier molecular flexibility index (Phi) is 27.0. The molecular formula is C40H60N2O12-2. The third-order valence-electron chi connectivity index (χ3n) is 6.82. The van der Waals surface area contributed by atoms with Gasteiger partial charge < -0.3 is 59.6 Å². The molecule has 2 aromatic carbocycles. The largest absolute Gasteiger partial charge is 0.545 e. The molecule has 0 bridgehead atoms. The molecule has 0 fully saturated rings. The molecule has 2 aromatic rings. The number of carbonyl (C=O) groups excluding carboxylic acids is 4. The highest BCUT2D eigenvalue weighted by atomic mass is 16.5. The molecule has 0 aliphatic rings. The molecule has 0 saturated heterocycles. The Hall–Kier alpha value is -4.18. The van der Waals surface area contributed by atoms with Crippen LogP contribution < -0.4 is 30.3 Å². The quantitative estimate of drug-likeness (QED) is 0.111. The highest BCUT2D eigenvalue weighted by Crippen LogP contribution is 2.23. The molecule has 54 heavy (non-hydrogen) atoms. The number of nitrogens with one attached hydrogen (secondary N) is 2. The van der Waals surface area contributed by atoms with Crippen LogP contribution in [-0.2, 0) is 54.7 Å². The van der Waals surface area contributed by atoms with Crippen LogP contribution in [0.15, 0.2) is 48.6 Å². The molecule has 0 amide bonds. The number of rotatable bonds is 24. The van der Waals surface area contributed by atoms with Crippen molar-refractivity contribution in [3.63, 3.8) is 0 Å². The van der Waals surface area contributed by atoms with Crippen molar-refractivity contribution >= 4 is 23.5 Å². The zero-order chi connectivity index (χ0) is 41.1. The van der Waals surface area contributed by atoms with Gasteiger partial charge in [-0.25, -0.2) is 0 Å². The molecule has 0 saturated carbocycles. The predicted octanol–water partition coefficient (Wildman–Crippen LogP) is 1.23. The maximum absolute atomic E-state index is 11.3. The number of aliphatic hydroxyl groups excluding tert-OH is 2. The van der Waals surface area contributed by atoms with Crippen molar-refractivity contribution < 1.29 is 58.6 Å². The predicted molar refractivity (Wildman–Crippen MR) is 201 cm³/mol. The third-order valence-corrected chi connectivity index (χ3v) is 6.82. The van der Waals surface area contributed by atoms with Gasteiger partial charge in [0.2, 0.25) is 0 Å². The first-order valence-corrected chi connectivity index (χ1v) is 18.0. The lowest BCUT2D eigenvalue weighted by Crippen LogP contribution is -2.35. The number of hydrogen-bond donors (Lipinski definition) is 4. The van der Waals surface area contributed by atoms with Crippen molar-refractivity contribution in [1.29, 1.82) is 0 Å². The summed E-state index contributed by atoms with van der Waals surface area (Å²) in [5.74, 6) is -1.47. The molecule has 2 unspecified atom stereocenters. The summed E-state index contributed by atoms with van der Waals surface area (Å²) in [7, 11) is 0. The number of aliphatic carboxylic acids is 2. The fraction of sp³-hybridized carbons (Fsp3) is 0.550. The maximum atomic E-state index is 11.3. The smallest absolute Gasteiger partial charge is 0.134 e. The fourth-order valence-electron chi connectivity index (χ4n) is 4.36. The van der Waals surface area contributed by atoms with E-state index in [1.165, 1.54) is 0 Å². The number of ketones is 2. The van der Waals surface area contributed by atoms with E-state index >= 15 is 0 Å². The Balaban J connectivity index is 0.000000867. The van der Waals surface area contributed by atoms with Crippen molar-refractivity contribution in [3.8, 4) is 11.5 Å². The van der Waals surface area contributed by atoms with Crippen LogP contribution in [0.4, 0.5) is 0 Å². The minimum absolute atomic E-state index is 0.121. The standard InChI is InChI=1S/2C18H29NO4.C4H4O4/c2*1-5-22-11-16-9-15(8-14(4)20)6-7-18(16)23-12-17(21)10-19-13(2)3;5-3(6)1-2-4(7)8/h2*6-7,9,13,17,19,21H,5,8,10-12H2,1-4H3;1-2H,(H,5,6)(H,7,8)/p-2/b;;2-1-. The SMILES string of the molecule is CCOCc1cc(CC(C)=O)ccc1OCC(O)CNC(C)C.CCOCc1cc(CC(C)=O)ccc1OCC(O)CNC(C)C.O=C([O-])/C=C\C(=O)[O-]. The lowest BCUT2D eigenvalue weighted by molar-refractivity contribution is -0.301. The Bertz CT molecular complexity index is 1320. The van der Waals surface area contributed by atoms with E-state index in [1.54, 1.807) is 13.8 Å². The number of Topliss-reactive ketones (excluding diaryl/α,β-unsaturated/α-hetero) is 2. The molecule has 0 heterocycles. The molecule has 0 spiro atoms. The number of carboxylic acids is 2. The fourth-order valence-corrected chi connectivity index (χ4v) is 4.36. The summed E-state index contributed by atoms with van der Waals surface area (Å²) in [6.07, 6.45) is 0.425. The first-order valence-electron chi connectivity index (χ1n) is 18.0. The van der Waals surface area contributed by atoms with Crippen LogP contribution >= 0.6 is 0 Å². The summed E-state index contributed by atoms with van der Waals surface area (Å²) >= 11 is 0. The van der Waals surface area contributed by atoms with E-state index in [2.05, 4.69) is 10.6 Å². The van der Waals surface area contributed by atoms with E-state index in [0.29, 0.717) is 88.1 Å². The van der Waals surface area contributed by atoms with Crippen LogP contribution in [0.2, 0.25) is 0 Å². The second-order valence-corrected chi connectivity index (χ2v) is 12.9. The summed E-state index contributed by atoms with van der Waals surface area (Å²) < 4.78 is 22.4. The van der Waals surface area contributed by atoms with Gasteiger partial charge in [-0.05, 0) is 75.2 Å². The molecule has 2 rings (SSSR count). The van der Waals surface area contributed by atoms with Crippen molar-refractivity contribution in [2.24, 2.45) is 0 Å². The van der Waals surface area contributed by atoms with Crippen LogP contribution in [0.5, 0.6) is 11.5 Å². The number of benzene rings is 2. The second kappa shape index (κ2) is 29.2. The van der Waals surface area contributed by atoms with E-state index < -0.39 is 24.1 Å². The second-order valence-electron chi connectivity index (χ2n) is 12.9. The van der Waals surface area contributed by atoms with Gasteiger partial charge in [-0.15, -0.1) is 0 Å². The number of hydrogen-bond acceptors (Lipinski definition) is 14. The van der Waals surface area contributed by atoms with Crippen LogP contribution in [0, 0.1) is 0 Å². The van der Waals surface area contributed by atoms with Gasteiger partial charge in [-0.1, -0.05) is 39.8 Å². The summed E-state index contributed by atoms with van der Waals surface area (Å²) in [4.78, 5) is 41.4. The monoisotopic (exact) mass is 760 g/mol. The topological polar surface area (TPSA) is 216 Å².